The van der Waals surface area contributed by atoms with Crippen LogP contribution >= 0.6 is 12.4 Å². The van der Waals surface area contributed by atoms with Crippen molar-refractivity contribution in [1.29, 1.82) is 0 Å². The summed E-state index contributed by atoms with van der Waals surface area (Å²) in [5.74, 6) is 0.646. The molecule has 0 aliphatic carbocycles. The molecule has 2 N–H and O–H groups in total. The molecule has 1 unspecified atom stereocenters. The normalized spacial score (nSPS) is 13.1. The van der Waals surface area contributed by atoms with Crippen LogP contribution in [0.1, 0.15) is 26.7 Å². The van der Waals surface area contributed by atoms with Gasteiger partial charge in [-0.3, -0.25) is 0 Å². The average molecular weight is 164 g/mol. The minimum Gasteiger partial charge on any atom is -0.330 e. The first-order valence-corrected chi connectivity index (χ1v) is 3.66. The van der Waals surface area contributed by atoms with Crippen molar-refractivity contribution in [2.24, 2.45) is 11.7 Å². The fourth-order valence-corrected chi connectivity index (χ4v) is 0.591. The van der Waals surface area contributed by atoms with Gasteiger partial charge >= 0.3 is 0 Å². The predicted octanol–water partition coefficient (Wildman–Crippen LogP) is 2.36. The lowest BCUT2D eigenvalue weighted by Gasteiger charge is -2.01. The van der Waals surface area contributed by atoms with Gasteiger partial charge in [-0.1, -0.05) is 26.0 Å². The molecule has 0 saturated heterocycles. The smallest absolute Gasteiger partial charge is 0.00485 e. The van der Waals surface area contributed by atoms with Crippen molar-refractivity contribution in [3.05, 3.63) is 12.2 Å². The zero-order valence-corrected chi connectivity index (χ0v) is 7.66. The molecule has 2 heteroatoms. The summed E-state index contributed by atoms with van der Waals surface area (Å²) < 4.78 is 0. The Balaban J connectivity index is 0. The van der Waals surface area contributed by atoms with Crippen LogP contribution in [0, 0.1) is 5.92 Å². The second-order valence-corrected chi connectivity index (χ2v) is 2.46. The van der Waals surface area contributed by atoms with Crippen LogP contribution in [0.15, 0.2) is 12.2 Å². The van der Waals surface area contributed by atoms with Gasteiger partial charge in [0.25, 0.3) is 0 Å². The minimum atomic E-state index is 0. The van der Waals surface area contributed by atoms with Crippen LogP contribution in [0.5, 0.6) is 0 Å². The predicted molar refractivity (Wildman–Crippen MR) is 49.5 cm³/mol. The van der Waals surface area contributed by atoms with Gasteiger partial charge < -0.3 is 5.73 Å². The molecule has 0 fully saturated rings. The van der Waals surface area contributed by atoms with E-state index in [2.05, 4.69) is 26.0 Å². The summed E-state index contributed by atoms with van der Waals surface area (Å²) >= 11 is 0. The fourth-order valence-electron chi connectivity index (χ4n) is 0.591. The molecule has 0 rings (SSSR count). The molecule has 0 aromatic heterocycles. The first kappa shape index (κ1) is 12.6. The highest BCUT2D eigenvalue weighted by Crippen LogP contribution is 1.99. The van der Waals surface area contributed by atoms with E-state index in [9.17, 15) is 0 Å². The van der Waals surface area contributed by atoms with Crippen LogP contribution in [0.4, 0.5) is 0 Å². The number of allylic oxidation sites excluding steroid dienone is 2. The Morgan fingerprint density at radius 3 is 2.40 bits per heavy atom. The highest BCUT2D eigenvalue weighted by Gasteiger charge is 1.92. The van der Waals surface area contributed by atoms with E-state index in [1.54, 1.807) is 0 Å². The summed E-state index contributed by atoms with van der Waals surface area (Å²) in [6.07, 6.45) is 6.66. The fraction of sp³-hybridized carbons (Fsp3) is 0.750. The molecule has 10 heavy (non-hydrogen) atoms. The monoisotopic (exact) mass is 163 g/mol. The molecule has 0 aromatic carbocycles. The lowest BCUT2D eigenvalue weighted by atomic mass is 10.1. The van der Waals surface area contributed by atoms with Gasteiger partial charge in [0.1, 0.15) is 0 Å². The summed E-state index contributed by atoms with van der Waals surface area (Å²) in [5, 5.41) is 0. The second-order valence-electron chi connectivity index (χ2n) is 2.46. The maximum Gasteiger partial charge on any atom is -0.00485 e. The van der Waals surface area contributed by atoms with Gasteiger partial charge in [-0.05, 0) is 25.3 Å². The van der Waals surface area contributed by atoms with Gasteiger partial charge in [-0.25, -0.2) is 0 Å². The topological polar surface area (TPSA) is 26.0 Å². The average Bonchev–Trinajstić information content (AvgIpc) is 1.89. The van der Waals surface area contributed by atoms with Gasteiger partial charge in [0.05, 0.1) is 0 Å². The summed E-state index contributed by atoms with van der Waals surface area (Å²) in [5.41, 5.74) is 5.42. The molecular formula is C8H18ClN. The zero-order chi connectivity index (χ0) is 7.11. The quantitative estimate of drug-likeness (QED) is 0.633. The van der Waals surface area contributed by atoms with Crippen molar-refractivity contribution in [2.45, 2.75) is 26.7 Å². The van der Waals surface area contributed by atoms with E-state index in [1.807, 2.05) is 0 Å². The Kier molecular flexibility index (Phi) is 11.4. The standard InChI is InChI=1S/C8H17N.ClH/c1-3-4-5-6-8(2)7-9;/h4-5,8H,3,6-7,9H2,1-2H3;1H/b5-4-;. The van der Waals surface area contributed by atoms with Gasteiger partial charge in [-0.2, -0.15) is 0 Å². The number of hydrogen-bond donors (Lipinski definition) is 1. The summed E-state index contributed by atoms with van der Waals surface area (Å²) in [4.78, 5) is 0. The summed E-state index contributed by atoms with van der Waals surface area (Å²) in [7, 11) is 0. The third kappa shape index (κ3) is 7.99. The van der Waals surface area contributed by atoms with E-state index in [0.717, 1.165) is 19.4 Å². The molecule has 62 valence electrons. The Hall–Kier alpha value is -0.0100. The van der Waals surface area contributed by atoms with Gasteiger partial charge in [0.15, 0.2) is 0 Å². The summed E-state index contributed by atoms with van der Waals surface area (Å²) in [6.45, 7) is 5.11. The molecule has 0 radical (unpaired) electrons. The molecule has 0 aliphatic rings. The van der Waals surface area contributed by atoms with E-state index in [-0.39, 0.29) is 12.4 Å². The van der Waals surface area contributed by atoms with Crippen LogP contribution in [0.25, 0.3) is 0 Å². The molecule has 0 heterocycles. The number of nitrogens with two attached hydrogens (primary N) is 1. The molecule has 0 saturated carbocycles. The van der Waals surface area contributed by atoms with Crippen molar-refractivity contribution in [3.8, 4) is 0 Å². The zero-order valence-electron chi connectivity index (χ0n) is 6.84. The van der Waals surface area contributed by atoms with E-state index in [1.165, 1.54) is 0 Å². The maximum absolute atomic E-state index is 5.42. The highest BCUT2D eigenvalue weighted by molar-refractivity contribution is 5.85. The highest BCUT2D eigenvalue weighted by atomic mass is 35.5. The van der Waals surface area contributed by atoms with Crippen molar-refractivity contribution in [2.75, 3.05) is 6.54 Å². The van der Waals surface area contributed by atoms with E-state index < -0.39 is 0 Å². The number of hydrogen-bond acceptors (Lipinski definition) is 1. The Morgan fingerprint density at radius 2 is 2.00 bits per heavy atom. The Bertz CT molecular complexity index is 81.3. The second kappa shape index (κ2) is 8.99. The van der Waals surface area contributed by atoms with E-state index in [4.69, 9.17) is 5.73 Å². The van der Waals surface area contributed by atoms with Crippen LogP contribution in [-0.4, -0.2) is 6.54 Å². The molecule has 0 bridgehead atoms. The van der Waals surface area contributed by atoms with Crippen molar-refractivity contribution in [3.63, 3.8) is 0 Å². The van der Waals surface area contributed by atoms with Crippen molar-refractivity contribution < 1.29 is 0 Å². The number of halogens is 1. The van der Waals surface area contributed by atoms with E-state index >= 15 is 0 Å². The summed E-state index contributed by atoms with van der Waals surface area (Å²) in [6, 6.07) is 0. The van der Waals surface area contributed by atoms with Crippen LogP contribution < -0.4 is 5.73 Å². The molecule has 0 amide bonds. The Labute approximate surface area is 70.1 Å². The maximum atomic E-state index is 5.42. The molecule has 0 aromatic rings. The third-order valence-electron chi connectivity index (χ3n) is 1.34. The number of rotatable bonds is 4. The van der Waals surface area contributed by atoms with Crippen LogP contribution in [0.2, 0.25) is 0 Å². The third-order valence-corrected chi connectivity index (χ3v) is 1.34. The first-order chi connectivity index (χ1) is 4.31. The van der Waals surface area contributed by atoms with Gasteiger partial charge in [0, 0.05) is 0 Å². The molecular weight excluding hydrogens is 146 g/mol. The van der Waals surface area contributed by atoms with Crippen LogP contribution in [0.3, 0.4) is 0 Å². The van der Waals surface area contributed by atoms with Gasteiger partial charge in [-0.15, -0.1) is 12.4 Å². The van der Waals surface area contributed by atoms with Crippen LogP contribution in [-0.2, 0) is 0 Å². The lowest BCUT2D eigenvalue weighted by molar-refractivity contribution is 0.605. The largest absolute Gasteiger partial charge is 0.330 e. The first-order valence-electron chi connectivity index (χ1n) is 3.66. The van der Waals surface area contributed by atoms with Gasteiger partial charge in [0.2, 0.25) is 0 Å². The van der Waals surface area contributed by atoms with E-state index in [0.29, 0.717) is 5.92 Å². The lowest BCUT2D eigenvalue weighted by Crippen LogP contribution is -2.09. The molecule has 1 nitrogen and oxygen atoms in total. The Morgan fingerprint density at radius 1 is 1.40 bits per heavy atom. The van der Waals surface area contributed by atoms with Crippen molar-refractivity contribution in [1.82, 2.24) is 0 Å². The SMILES string of the molecule is CC/C=C\CC(C)CN.Cl. The molecule has 0 spiro atoms. The molecule has 1 atom stereocenters. The van der Waals surface area contributed by atoms with Crippen molar-refractivity contribution >= 4 is 12.4 Å². The minimum absolute atomic E-state index is 0. The molecule has 0 aliphatic heterocycles.